The number of halogens is 2. The second-order valence-corrected chi connectivity index (χ2v) is 5.51. The van der Waals surface area contributed by atoms with Crippen LogP contribution < -0.4 is 5.32 Å². The molecule has 1 aromatic carbocycles. The predicted octanol–water partition coefficient (Wildman–Crippen LogP) is 3.36. The fraction of sp³-hybridized carbons (Fsp3) is 0.167. The molecule has 0 aliphatic heterocycles. The second kappa shape index (κ2) is 6.38. The molecule has 1 heterocycles. The van der Waals surface area contributed by atoms with Crippen molar-refractivity contribution in [3.63, 3.8) is 0 Å². The van der Waals surface area contributed by atoms with E-state index < -0.39 is 11.9 Å². The second-order valence-electron chi connectivity index (χ2n) is 3.94. The van der Waals surface area contributed by atoms with Gasteiger partial charge in [0.25, 0.3) is 5.91 Å². The third kappa shape index (κ3) is 3.15. The normalized spacial score (nSPS) is 10.4. The van der Waals surface area contributed by atoms with Crippen molar-refractivity contribution in [1.29, 1.82) is 0 Å². The van der Waals surface area contributed by atoms with Gasteiger partial charge in [-0.2, -0.15) is 0 Å². The lowest BCUT2D eigenvalue weighted by atomic mass is 10.1. The SMILES string of the molecule is CCc1nnsc1C(=O)Nc1c(Cl)ccc(Cl)c1C(=O)O. The number of rotatable bonds is 4. The maximum absolute atomic E-state index is 12.2. The van der Waals surface area contributed by atoms with Crippen LogP contribution in [-0.4, -0.2) is 26.6 Å². The molecule has 0 spiro atoms. The van der Waals surface area contributed by atoms with Crippen LogP contribution in [0.15, 0.2) is 12.1 Å². The minimum Gasteiger partial charge on any atom is -0.478 e. The van der Waals surface area contributed by atoms with Gasteiger partial charge in [-0.3, -0.25) is 4.79 Å². The highest BCUT2D eigenvalue weighted by molar-refractivity contribution is 7.08. The number of benzene rings is 1. The zero-order chi connectivity index (χ0) is 15.6. The van der Waals surface area contributed by atoms with Crippen molar-refractivity contribution < 1.29 is 14.7 Å². The van der Waals surface area contributed by atoms with E-state index in [9.17, 15) is 14.7 Å². The average molecular weight is 346 g/mol. The van der Waals surface area contributed by atoms with Crippen molar-refractivity contribution in [2.45, 2.75) is 13.3 Å². The van der Waals surface area contributed by atoms with Gasteiger partial charge in [0.05, 0.1) is 21.4 Å². The first-order valence-electron chi connectivity index (χ1n) is 5.79. The molecule has 0 aliphatic rings. The first kappa shape index (κ1) is 15.7. The Morgan fingerprint density at radius 2 is 2.00 bits per heavy atom. The Balaban J connectivity index is 2.42. The van der Waals surface area contributed by atoms with E-state index >= 15 is 0 Å². The summed E-state index contributed by atoms with van der Waals surface area (Å²) in [5.74, 6) is -1.80. The van der Waals surface area contributed by atoms with Crippen LogP contribution in [0, 0.1) is 0 Å². The minimum atomic E-state index is -1.28. The number of carbonyl (C=O) groups excluding carboxylic acids is 1. The van der Waals surface area contributed by atoms with Crippen LogP contribution in [0.2, 0.25) is 10.0 Å². The number of carboxylic acid groups (broad SMARTS) is 1. The van der Waals surface area contributed by atoms with E-state index in [2.05, 4.69) is 14.9 Å². The summed E-state index contributed by atoms with van der Waals surface area (Å²) in [4.78, 5) is 23.8. The van der Waals surface area contributed by atoms with Crippen LogP contribution >= 0.6 is 34.7 Å². The molecule has 2 rings (SSSR count). The van der Waals surface area contributed by atoms with Gasteiger partial charge in [-0.05, 0) is 30.1 Å². The highest BCUT2D eigenvalue weighted by Gasteiger charge is 2.22. The Bertz CT molecular complexity index is 718. The number of aryl methyl sites for hydroxylation is 1. The quantitative estimate of drug-likeness (QED) is 0.886. The lowest BCUT2D eigenvalue weighted by molar-refractivity contribution is 0.0698. The number of carbonyl (C=O) groups is 2. The summed E-state index contributed by atoms with van der Waals surface area (Å²) in [7, 11) is 0. The first-order chi connectivity index (χ1) is 9.95. The number of nitrogens with one attached hydrogen (secondary N) is 1. The smallest absolute Gasteiger partial charge is 0.339 e. The van der Waals surface area contributed by atoms with Gasteiger partial charge in [-0.25, -0.2) is 4.79 Å². The summed E-state index contributed by atoms with van der Waals surface area (Å²) in [6, 6.07) is 2.77. The molecule has 0 aliphatic carbocycles. The Hall–Kier alpha value is -1.70. The van der Waals surface area contributed by atoms with Gasteiger partial charge >= 0.3 is 5.97 Å². The highest BCUT2D eigenvalue weighted by Crippen LogP contribution is 2.32. The zero-order valence-corrected chi connectivity index (χ0v) is 13.0. The molecule has 0 saturated heterocycles. The molecule has 110 valence electrons. The molecule has 0 radical (unpaired) electrons. The van der Waals surface area contributed by atoms with Gasteiger partial charge in [0.1, 0.15) is 10.4 Å². The van der Waals surface area contributed by atoms with E-state index in [1.807, 2.05) is 6.92 Å². The van der Waals surface area contributed by atoms with Crippen LogP contribution in [0.4, 0.5) is 5.69 Å². The van der Waals surface area contributed by atoms with Crippen molar-refractivity contribution in [2.24, 2.45) is 0 Å². The van der Waals surface area contributed by atoms with Crippen molar-refractivity contribution >= 4 is 52.3 Å². The van der Waals surface area contributed by atoms with Crippen LogP contribution in [-0.2, 0) is 6.42 Å². The van der Waals surface area contributed by atoms with E-state index in [-0.39, 0.29) is 21.3 Å². The lowest BCUT2D eigenvalue weighted by Crippen LogP contribution is -2.16. The van der Waals surface area contributed by atoms with Gasteiger partial charge in [0.15, 0.2) is 0 Å². The van der Waals surface area contributed by atoms with Crippen LogP contribution in [0.25, 0.3) is 0 Å². The summed E-state index contributed by atoms with van der Waals surface area (Å²) in [6.07, 6.45) is 0.536. The summed E-state index contributed by atoms with van der Waals surface area (Å²) in [5.41, 5.74) is 0.234. The van der Waals surface area contributed by atoms with Gasteiger partial charge in [0.2, 0.25) is 0 Å². The number of hydrogen-bond acceptors (Lipinski definition) is 5. The minimum absolute atomic E-state index is 0.0136. The fourth-order valence-electron chi connectivity index (χ4n) is 1.67. The maximum Gasteiger partial charge on any atom is 0.339 e. The van der Waals surface area contributed by atoms with Gasteiger partial charge in [-0.1, -0.05) is 34.6 Å². The molecular formula is C12H9Cl2N3O3S. The molecule has 0 fully saturated rings. The maximum atomic E-state index is 12.2. The molecule has 0 atom stereocenters. The number of hydrogen-bond donors (Lipinski definition) is 2. The molecule has 0 bridgehead atoms. The summed E-state index contributed by atoms with van der Waals surface area (Å²) < 4.78 is 3.71. The number of aromatic carboxylic acids is 1. The number of nitrogens with zero attached hydrogens (tertiary/aromatic N) is 2. The van der Waals surface area contributed by atoms with Gasteiger partial charge in [-0.15, -0.1) is 5.10 Å². The van der Waals surface area contributed by atoms with Crippen molar-refractivity contribution in [2.75, 3.05) is 5.32 Å². The Kier molecular flexibility index (Phi) is 4.76. The molecule has 0 unspecified atom stereocenters. The van der Waals surface area contributed by atoms with E-state index in [0.717, 1.165) is 11.5 Å². The topological polar surface area (TPSA) is 92.2 Å². The molecule has 2 aromatic rings. The molecule has 6 nitrogen and oxygen atoms in total. The average Bonchev–Trinajstić information content (AvgIpc) is 2.90. The molecule has 21 heavy (non-hydrogen) atoms. The number of aromatic nitrogens is 2. The van der Waals surface area contributed by atoms with Crippen molar-refractivity contribution in [3.05, 3.63) is 38.3 Å². The summed E-state index contributed by atoms with van der Waals surface area (Å²) in [5, 5.41) is 15.6. The summed E-state index contributed by atoms with van der Waals surface area (Å²) >= 11 is 12.7. The molecule has 9 heteroatoms. The molecule has 1 amide bonds. The lowest BCUT2D eigenvalue weighted by Gasteiger charge is -2.11. The Morgan fingerprint density at radius 3 is 2.62 bits per heavy atom. The van der Waals surface area contributed by atoms with E-state index in [4.69, 9.17) is 23.2 Å². The fourth-order valence-corrected chi connectivity index (χ4v) is 2.75. The van der Waals surface area contributed by atoms with Crippen LogP contribution in [0.5, 0.6) is 0 Å². The molecule has 0 saturated carbocycles. The van der Waals surface area contributed by atoms with E-state index in [1.165, 1.54) is 12.1 Å². The number of amides is 1. The molecule has 1 aromatic heterocycles. The number of anilines is 1. The Labute approximate surface area is 133 Å². The van der Waals surface area contributed by atoms with Gasteiger partial charge < -0.3 is 10.4 Å². The first-order valence-corrected chi connectivity index (χ1v) is 7.32. The third-order valence-electron chi connectivity index (χ3n) is 2.65. The monoisotopic (exact) mass is 345 g/mol. The van der Waals surface area contributed by atoms with E-state index in [1.54, 1.807) is 0 Å². The zero-order valence-electron chi connectivity index (χ0n) is 10.7. The van der Waals surface area contributed by atoms with Crippen molar-refractivity contribution in [1.82, 2.24) is 9.59 Å². The summed E-state index contributed by atoms with van der Waals surface area (Å²) in [6.45, 7) is 1.84. The van der Waals surface area contributed by atoms with E-state index in [0.29, 0.717) is 17.0 Å². The van der Waals surface area contributed by atoms with Crippen LogP contribution in [0.1, 0.15) is 32.6 Å². The molecule has 2 N–H and O–H groups in total. The number of carboxylic acids is 1. The highest BCUT2D eigenvalue weighted by atomic mass is 35.5. The molecular weight excluding hydrogens is 337 g/mol. The standard InChI is InChI=1S/C12H9Cl2N3O3S/c1-2-7-10(21-17-16-7)11(18)15-9-6(14)4-3-5(13)8(9)12(19)20/h3-4H,2H2,1H3,(H,15,18)(H,19,20). The van der Waals surface area contributed by atoms with Gasteiger partial charge in [0, 0.05) is 0 Å². The van der Waals surface area contributed by atoms with Crippen LogP contribution in [0.3, 0.4) is 0 Å². The van der Waals surface area contributed by atoms with Crippen molar-refractivity contribution in [3.8, 4) is 0 Å². The Morgan fingerprint density at radius 1 is 1.33 bits per heavy atom. The third-order valence-corrected chi connectivity index (χ3v) is 4.05. The predicted molar refractivity (Wildman–Crippen MR) is 80.7 cm³/mol. The largest absolute Gasteiger partial charge is 0.478 e.